The third-order valence-electron chi connectivity index (χ3n) is 5.08. The molecular formula is C21H19F3N6OS. The number of likely N-dealkylation sites (tertiary alicyclic amines) is 1. The second kappa shape index (κ2) is 8.72. The Bertz CT molecular complexity index is 1160. The van der Waals surface area contributed by atoms with Crippen LogP contribution < -0.4 is 5.73 Å². The fraction of sp³-hybridized carbons (Fsp3) is 0.333. The number of piperidine rings is 1. The molecule has 3 aromatic rings. The molecule has 0 spiro atoms. The summed E-state index contributed by atoms with van der Waals surface area (Å²) >= 11 is 1.11. The molecule has 32 heavy (non-hydrogen) atoms. The maximum atomic E-state index is 13.1. The molecule has 4 rings (SSSR count). The minimum Gasteiger partial charge on any atom is -0.335 e. The molecule has 1 aromatic carbocycles. The number of carbonyl (C=O) groups is 1. The van der Waals surface area contributed by atoms with E-state index >= 15 is 0 Å². The van der Waals surface area contributed by atoms with Gasteiger partial charge in [0, 0.05) is 36.5 Å². The van der Waals surface area contributed by atoms with Crippen molar-refractivity contribution < 1.29 is 18.0 Å². The standard InChI is InChI=1S/C21H19F3N6OS/c22-21(23,24)12-30-10-15(9-27-30)18-17(14-5-3-13(8-25)4-6-14)28-19(32-18)20(31)29-7-1-2-16(26)11-29/h3-6,9-10,16H,1-2,7,11-12,26H2/t16-/m1/s1. The van der Waals surface area contributed by atoms with Gasteiger partial charge in [-0.05, 0) is 25.0 Å². The fourth-order valence-corrected chi connectivity index (χ4v) is 4.62. The van der Waals surface area contributed by atoms with E-state index in [0.29, 0.717) is 40.4 Å². The lowest BCUT2D eigenvalue weighted by Gasteiger charge is -2.30. The van der Waals surface area contributed by atoms with Crippen molar-refractivity contribution in [3.8, 4) is 27.8 Å². The summed E-state index contributed by atoms with van der Waals surface area (Å²) in [5, 5.41) is 13.1. The van der Waals surface area contributed by atoms with Crippen LogP contribution in [0.4, 0.5) is 13.2 Å². The van der Waals surface area contributed by atoms with Crippen molar-refractivity contribution in [3.63, 3.8) is 0 Å². The molecule has 2 N–H and O–H groups in total. The summed E-state index contributed by atoms with van der Waals surface area (Å²) in [6.45, 7) is -0.198. The Hall–Kier alpha value is -3.23. The second-order valence-electron chi connectivity index (χ2n) is 7.58. The van der Waals surface area contributed by atoms with E-state index < -0.39 is 12.7 Å². The minimum absolute atomic E-state index is 0.0919. The first kappa shape index (κ1) is 22.0. The monoisotopic (exact) mass is 460 g/mol. The van der Waals surface area contributed by atoms with Crippen LogP contribution >= 0.6 is 11.3 Å². The Balaban J connectivity index is 1.73. The average molecular weight is 460 g/mol. The lowest BCUT2D eigenvalue weighted by Crippen LogP contribution is -2.45. The van der Waals surface area contributed by atoms with E-state index in [-0.39, 0.29) is 17.0 Å². The number of thiazole rings is 1. The van der Waals surface area contributed by atoms with Gasteiger partial charge >= 0.3 is 6.18 Å². The van der Waals surface area contributed by atoms with Crippen LogP contribution in [-0.4, -0.2) is 50.9 Å². The number of alkyl halides is 3. The van der Waals surface area contributed by atoms with Crippen LogP contribution in [0.3, 0.4) is 0 Å². The molecule has 0 unspecified atom stereocenters. The highest BCUT2D eigenvalue weighted by Crippen LogP contribution is 2.37. The van der Waals surface area contributed by atoms with E-state index in [1.165, 1.54) is 12.4 Å². The Morgan fingerprint density at radius 2 is 2.03 bits per heavy atom. The summed E-state index contributed by atoms with van der Waals surface area (Å²) in [6.07, 6.45) is -0.128. The predicted octanol–water partition coefficient (Wildman–Crippen LogP) is 3.67. The topological polar surface area (TPSA) is 101 Å². The number of aromatic nitrogens is 3. The number of rotatable bonds is 4. The fourth-order valence-electron chi connectivity index (χ4n) is 3.59. The lowest BCUT2D eigenvalue weighted by atomic mass is 10.1. The van der Waals surface area contributed by atoms with Crippen LogP contribution in [0.15, 0.2) is 36.7 Å². The number of hydrogen-bond acceptors (Lipinski definition) is 6. The van der Waals surface area contributed by atoms with Crippen molar-refractivity contribution in [1.82, 2.24) is 19.7 Å². The van der Waals surface area contributed by atoms with Gasteiger partial charge in [0.25, 0.3) is 5.91 Å². The van der Waals surface area contributed by atoms with E-state index in [1.807, 2.05) is 6.07 Å². The summed E-state index contributed by atoms with van der Waals surface area (Å²) in [4.78, 5) is 19.8. The number of nitrogens with zero attached hydrogens (tertiary/aromatic N) is 5. The van der Waals surface area contributed by atoms with Gasteiger partial charge in [-0.1, -0.05) is 12.1 Å². The first-order valence-corrected chi connectivity index (χ1v) is 10.7. The SMILES string of the molecule is N#Cc1ccc(-c2nc(C(=O)N3CCC[C@@H](N)C3)sc2-c2cnn(CC(F)(F)F)c2)cc1. The Labute approximate surface area is 185 Å². The van der Waals surface area contributed by atoms with Gasteiger partial charge in [0.05, 0.1) is 28.4 Å². The van der Waals surface area contributed by atoms with Crippen LogP contribution in [0.1, 0.15) is 28.2 Å². The van der Waals surface area contributed by atoms with E-state index in [9.17, 15) is 18.0 Å². The molecule has 1 atom stereocenters. The first-order valence-electron chi connectivity index (χ1n) is 9.89. The number of nitrogens with two attached hydrogens (primary N) is 1. The summed E-state index contributed by atoms with van der Waals surface area (Å²) < 4.78 is 39.1. The van der Waals surface area contributed by atoms with Crippen molar-refractivity contribution in [2.45, 2.75) is 31.6 Å². The normalized spacial score (nSPS) is 16.7. The molecule has 0 bridgehead atoms. The molecule has 0 radical (unpaired) electrons. The molecular weight excluding hydrogens is 441 g/mol. The molecule has 2 aromatic heterocycles. The van der Waals surface area contributed by atoms with Gasteiger partial charge in [-0.15, -0.1) is 11.3 Å². The van der Waals surface area contributed by atoms with Gasteiger partial charge in [-0.25, -0.2) is 4.98 Å². The largest absolute Gasteiger partial charge is 0.408 e. The number of benzene rings is 1. The summed E-state index contributed by atoms with van der Waals surface area (Å²) in [6, 6.07) is 8.58. The number of nitriles is 1. The second-order valence-corrected chi connectivity index (χ2v) is 8.58. The van der Waals surface area contributed by atoms with E-state index in [0.717, 1.165) is 28.9 Å². The smallest absolute Gasteiger partial charge is 0.335 e. The van der Waals surface area contributed by atoms with E-state index in [4.69, 9.17) is 11.0 Å². The van der Waals surface area contributed by atoms with Gasteiger partial charge < -0.3 is 10.6 Å². The molecule has 1 fully saturated rings. The Morgan fingerprint density at radius 3 is 2.69 bits per heavy atom. The van der Waals surface area contributed by atoms with Crippen LogP contribution in [0.5, 0.6) is 0 Å². The zero-order chi connectivity index (χ0) is 22.9. The predicted molar refractivity (Wildman–Crippen MR) is 113 cm³/mol. The van der Waals surface area contributed by atoms with Gasteiger partial charge in [0.15, 0.2) is 5.01 Å². The van der Waals surface area contributed by atoms with Crippen LogP contribution in [0, 0.1) is 11.3 Å². The average Bonchev–Trinajstić information content (AvgIpc) is 3.39. The molecule has 3 heterocycles. The first-order chi connectivity index (χ1) is 15.2. The van der Waals surface area contributed by atoms with Crippen molar-refractivity contribution in [3.05, 3.63) is 47.2 Å². The molecule has 166 valence electrons. The number of hydrogen-bond donors (Lipinski definition) is 1. The van der Waals surface area contributed by atoms with Crippen molar-refractivity contribution in [2.24, 2.45) is 5.73 Å². The maximum absolute atomic E-state index is 13.1. The summed E-state index contributed by atoms with van der Waals surface area (Å²) in [5.41, 5.74) is 7.99. The highest BCUT2D eigenvalue weighted by Gasteiger charge is 2.30. The van der Waals surface area contributed by atoms with Crippen molar-refractivity contribution in [1.29, 1.82) is 5.26 Å². The highest BCUT2D eigenvalue weighted by molar-refractivity contribution is 7.17. The Morgan fingerprint density at radius 1 is 1.28 bits per heavy atom. The van der Waals surface area contributed by atoms with Gasteiger partial charge in [-0.2, -0.15) is 23.5 Å². The quantitative estimate of drug-likeness (QED) is 0.640. The lowest BCUT2D eigenvalue weighted by molar-refractivity contribution is -0.142. The number of halogens is 3. The summed E-state index contributed by atoms with van der Waals surface area (Å²) in [5.74, 6) is -0.256. The summed E-state index contributed by atoms with van der Waals surface area (Å²) in [7, 11) is 0. The van der Waals surface area contributed by atoms with Crippen LogP contribution in [0.25, 0.3) is 21.7 Å². The molecule has 0 aliphatic carbocycles. The van der Waals surface area contributed by atoms with Crippen LogP contribution in [0.2, 0.25) is 0 Å². The number of carbonyl (C=O) groups excluding carboxylic acids is 1. The van der Waals surface area contributed by atoms with E-state index in [2.05, 4.69) is 10.1 Å². The van der Waals surface area contributed by atoms with Crippen molar-refractivity contribution in [2.75, 3.05) is 13.1 Å². The zero-order valence-electron chi connectivity index (χ0n) is 16.8. The van der Waals surface area contributed by atoms with Crippen molar-refractivity contribution >= 4 is 17.2 Å². The van der Waals surface area contributed by atoms with Gasteiger partial charge in [-0.3, -0.25) is 9.48 Å². The molecule has 0 saturated carbocycles. The van der Waals surface area contributed by atoms with E-state index in [1.54, 1.807) is 29.2 Å². The molecule has 1 aliphatic heterocycles. The maximum Gasteiger partial charge on any atom is 0.408 e. The zero-order valence-corrected chi connectivity index (χ0v) is 17.7. The third kappa shape index (κ3) is 4.81. The Kier molecular flexibility index (Phi) is 5.99. The molecule has 1 amide bonds. The van der Waals surface area contributed by atoms with Gasteiger partial charge in [0.1, 0.15) is 6.54 Å². The van der Waals surface area contributed by atoms with Crippen LogP contribution in [-0.2, 0) is 6.54 Å². The number of amides is 1. The molecule has 11 heteroatoms. The van der Waals surface area contributed by atoms with Gasteiger partial charge in [0.2, 0.25) is 0 Å². The highest BCUT2D eigenvalue weighted by atomic mass is 32.1. The third-order valence-corrected chi connectivity index (χ3v) is 6.17. The molecule has 1 aliphatic rings. The molecule has 7 nitrogen and oxygen atoms in total. The minimum atomic E-state index is -4.40. The molecule has 1 saturated heterocycles.